The van der Waals surface area contributed by atoms with Gasteiger partial charge >= 0.3 is 29.6 Å². The molecule has 0 unspecified atom stereocenters. The predicted octanol–water partition coefficient (Wildman–Crippen LogP) is 17.6. The molecule has 0 spiro atoms. The Labute approximate surface area is 830 Å². The number of alkyl halides is 1. The van der Waals surface area contributed by atoms with Crippen LogP contribution in [0.1, 0.15) is 95.2 Å². The van der Waals surface area contributed by atoms with Gasteiger partial charge in [-0.1, -0.05) is 238 Å². The summed E-state index contributed by atoms with van der Waals surface area (Å²) in [7, 11) is 14.4. The molecule has 1 N–H and O–H groups in total. The van der Waals surface area contributed by atoms with Gasteiger partial charge in [0.15, 0.2) is 0 Å². The van der Waals surface area contributed by atoms with Crippen molar-refractivity contribution in [2.45, 2.75) is 116 Å². The summed E-state index contributed by atoms with van der Waals surface area (Å²) >= 11 is 2.15. The number of likely N-dealkylation sites (N-methyl/N-ethyl adjacent to an activating group) is 1. The van der Waals surface area contributed by atoms with Gasteiger partial charge in [-0.25, -0.2) is 41.4 Å². The topological polar surface area (TPSA) is 185 Å². The Morgan fingerprint density at radius 3 is 0.969 bits per heavy atom. The van der Waals surface area contributed by atoms with Crippen LogP contribution < -0.4 is 53.5 Å². The molecule has 18 rings (SSSR count). The quantitative estimate of drug-likeness (QED) is 0.0185. The van der Waals surface area contributed by atoms with Crippen molar-refractivity contribution in [3.63, 3.8) is 0 Å². The summed E-state index contributed by atoms with van der Waals surface area (Å²) in [5.74, 6) is 0.0710. The summed E-state index contributed by atoms with van der Waals surface area (Å²) in [4.78, 5) is 54.4. The third-order valence-corrected chi connectivity index (χ3v) is 21.5. The molecule has 18 aromatic rings. The monoisotopic (exact) mass is 2000 g/mol. The molecule has 6 aromatic carbocycles. The van der Waals surface area contributed by atoms with E-state index in [2.05, 4.69) is 371 Å². The van der Waals surface area contributed by atoms with Crippen LogP contribution in [-0.4, -0.2) is 143 Å². The molecule has 0 aliphatic heterocycles. The third kappa shape index (κ3) is 27.3. The van der Waals surface area contributed by atoms with Gasteiger partial charge in [-0.3, -0.25) is 18.9 Å². The Hall–Kier alpha value is -11.5. The molecular formula is C107H117ClI2N17NaO3. The number of hydrogen-bond acceptors (Lipinski definition) is 11. The van der Waals surface area contributed by atoms with Crippen molar-refractivity contribution in [3.05, 3.63) is 375 Å². The van der Waals surface area contributed by atoms with Crippen LogP contribution in [0.3, 0.4) is 0 Å². The number of hydrogen-bond donors (Lipinski definition) is 1. The molecule has 0 aliphatic rings. The number of nitrogens with zero attached hydrogens (tertiary/aromatic N) is 17. The molecule has 24 heteroatoms. The first kappa shape index (κ1) is 105. The van der Waals surface area contributed by atoms with Crippen molar-refractivity contribution < 1.29 is 73.0 Å². The third-order valence-electron chi connectivity index (χ3n) is 21.5. The minimum atomic E-state index is 0. The summed E-state index contributed by atoms with van der Waals surface area (Å²) in [5.41, 5.74) is 38.5. The van der Waals surface area contributed by atoms with Gasteiger partial charge in [-0.2, -0.15) is 0 Å². The van der Waals surface area contributed by atoms with Crippen LogP contribution in [0.15, 0.2) is 262 Å². The number of aryl methyl sites for hydroxylation is 12. The summed E-state index contributed by atoms with van der Waals surface area (Å²) in [6, 6.07) is 75.3. The Morgan fingerprint density at radius 1 is 0.382 bits per heavy atom. The van der Waals surface area contributed by atoms with E-state index < -0.39 is 0 Å². The summed E-state index contributed by atoms with van der Waals surface area (Å²) in [5, 5.41) is 14.9. The second kappa shape index (κ2) is 48.6. The SMILES string of the molecule is CI.Cc1ccc(-c2cn3cc(C)ccc3n2)cc1.Cc1ccc(-c2nc3ccc(C)cn3c2CC(=O)N(C)C)cc1.Cc1ccc(-c2nc3ccc(C)cn3c2CCOO)cc1.Cc1ccc(-c2nc3ccc(C)cn3c2CN(C)C)cc1.Cc1ccc(-c2nc3ccc(C)cn3c2C[N+](C)(C)C)cc1.Cl.[C-]#N.[C-]#[N+]Cc1c(-c2ccc(C)cc2)nc2ccc(C)cn12.[I-].[Na+]. The van der Waals surface area contributed by atoms with Crippen molar-refractivity contribution in [1.29, 1.82) is 5.26 Å². The van der Waals surface area contributed by atoms with E-state index in [0.29, 0.717) is 19.4 Å². The summed E-state index contributed by atoms with van der Waals surface area (Å²) < 4.78 is 13.5. The number of fused-ring (bicyclic) bond motifs is 6. The van der Waals surface area contributed by atoms with Crippen LogP contribution in [0, 0.1) is 101 Å². The van der Waals surface area contributed by atoms with Gasteiger partial charge in [0.25, 0.3) is 6.54 Å². The number of benzene rings is 6. The second-order valence-electron chi connectivity index (χ2n) is 34.1. The number of halogens is 3. The van der Waals surface area contributed by atoms with E-state index in [1.807, 2.05) is 82.4 Å². The van der Waals surface area contributed by atoms with E-state index in [4.69, 9.17) is 48.6 Å². The molecule has 0 saturated heterocycles. The zero-order valence-corrected chi connectivity index (χ0v) is 86.2. The van der Waals surface area contributed by atoms with Gasteiger partial charge < -0.3 is 72.5 Å². The second-order valence-corrected chi connectivity index (χ2v) is 34.1. The maximum Gasteiger partial charge on any atom is 1.00 e. The summed E-state index contributed by atoms with van der Waals surface area (Å²) in [6.45, 7) is 39.3. The average molecular weight is 2000 g/mol. The number of pyridine rings is 6. The zero-order chi connectivity index (χ0) is 92.2. The van der Waals surface area contributed by atoms with Crippen molar-refractivity contribution in [2.24, 2.45) is 0 Å². The van der Waals surface area contributed by atoms with Gasteiger partial charge in [-0.15, -0.1) is 12.4 Å². The van der Waals surface area contributed by atoms with Crippen LogP contribution in [-0.2, 0) is 42.2 Å². The number of rotatable bonds is 16. The minimum Gasteiger partial charge on any atom is -1.00 e. The first-order valence-electron chi connectivity index (χ1n) is 42.5. The first-order chi connectivity index (χ1) is 61.4. The normalized spacial score (nSPS) is 10.7. The van der Waals surface area contributed by atoms with E-state index in [9.17, 15) is 4.79 Å². The predicted molar refractivity (Wildman–Crippen MR) is 537 cm³/mol. The smallest absolute Gasteiger partial charge is 1.00 e. The average Bonchev–Trinajstić information content (AvgIpc) is 1.64. The van der Waals surface area contributed by atoms with Gasteiger partial charge in [-0.05, 0) is 172 Å². The molecule has 20 nitrogen and oxygen atoms in total. The zero-order valence-electron chi connectivity index (χ0n) is 79.1. The molecule has 670 valence electrons. The van der Waals surface area contributed by atoms with Gasteiger partial charge in [0.05, 0.1) is 79.7 Å². The molecule has 0 saturated carbocycles. The van der Waals surface area contributed by atoms with Crippen molar-refractivity contribution >= 4 is 74.8 Å². The molecule has 0 radical (unpaired) electrons. The molecular weight excluding hydrogens is 1880 g/mol. The van der Waals surface area contributed by atoms with E-state index in [-0.39, 0.29) is 78.5 Å². The Bertz CT molecular complexity index is 6880. The van der Waals surface area contributed by atoms with E-state index >= 15 is 0 Å². The van der Waals surface area contributed by atoms with E-state index in [1.54, 1.807) is 19.0 Å². The standard InChI is InChI=1S/C19H21N3O.C19H24N3.C18H21N3.C17H15N3.C17H18N2O2.C15H14N2.CH3I.CN.ClH.HI.Na/c1-13-5-8-15(9-6-13)19-16(11-18(23)21(3)4)22-12-14(2)7-10-17(22)20-19;1-14-6-9-16(10-7-14)19-17(13-22(3,4)5)21-12-15(2)8-11-18(21)20-19;1-13-5-8-15(9-6-13)18-16(12-20(3)4)21-11-14(2)7-10-17(21)19-18;1-12-4-7-14(8-5-12)17-15(10-18-3)20-11-13(2)6-9-16(20)19-17;1-12-3-6-14(7-4-12)17-15(9-10-21-20)19-11-13(2)5-8-16(19)18-17;1-11-3-6-13(7-4-11)14-10-17-9-12(2)5-8-15(17)16-14;2*1-2;;;/h5-10,12H,11H2,1-4H3;6-12H,13H2,1-5H3;5-11H,12H2,1-4H3;4-9,11H,10H2,1-2H3;3-8,11,20H,9-10H2,1-2H3;3-10H,1-2H3;1H3;;2*1H;/q;+1;;;;;;-1;;;+1/p-1. The number of imidazole rings is 6. The Balaban J connectivity index is 0.000000192. The number of aromatic nitrogens is 12. The maximum atomic E-state index is 12.3. The molecule has 0 fully saturated rings. The van der Waals surface area contributed by atoms with Crippen molar-refractivity contribution in [3.8, 4) is 67.5 Å². The van der Waals surface area contributed by atoms with Crippen LogP contribution in [0.5, 0.6) is 0 Å². The summed E-state index contributed by atoms with van der Waals surface area (Å²) in [6.07, 6.45) is 15.6. The number of quaternary nitrogens is 1. The largest absolute Gasteiger partial charge is 1.00 e. The van der Waals surface area contributed by atoms with Gasteiger partial charge in [0.2, 0.25) is 5.91 Å². The molecule has 131 heavy (non-hydrogen) atoms. The van der Waals surface area contributed by atoms with E-state index in [0.717, 1.165) is 136 Å². The van der Waals surface area contributed by atoms with Gasteiger partial charge in [0.1, 0.15) is 57.5 Å². The van der Waals surface area contributed by atoms with Crippen molar-refractivity contribution in [2.75, 3.05) is 60.9 Å². The van der Waals surface area contributed by atoms with Crippen molar-refractivity contribution in [1.82, 2.24) is 66.1 Å². The maximum absolute atomic E-state index is 12.3. The molecule has 1 amide bonds. The minimum absolute atomic E-state index is 0. The van der Waals surface area contributed by atoms with Crippen LogP contribution in [0.4, 0.5) is 0 Å². The first-order valence-corrected chi connectivity index (χ1v) is 44.7. The Kier molecular flexibility index (Phi) is 38.9. The number of amides is 1. The molecule has 0 aliphatic carbocycles. The fourth-order valence-electron chi connectivity index (χ4n) is 14.8. The molecule has 12 aromatic heterocycles. The number of carbonyl (C=O) groups excluding carboxylic acids is 1. The van der Waals surface area contributed by atoms with Crippen LogP contribution in [0.2, 0.25) is 0 Å². The molecule has 12 heterocycles. The van der Waals surface area contributed by atoms with Crippen LogP contribution in [0.25, 0.3) is 106 Å². The number of carbonyl (C=O) groups is 1. The fraction of sp³-hybridized carbons (Fsp3) is 0.243. The molecule has 0 bridgehead atoms. The van der Waals surface area contributed by atoms with Crippen LogP contribution >= 0.6 is 35.0 Å². The molecule has 0 atom stereocenters. The fourth-order valence-corrected chi connectivity index (χ4v) is 14.8. The van der Waals surface area contributed by atoms with Gasteiger partial charge in [0, 0.05) is 104 Å². The van der Waals surface area contributed by atoms with E-state index in [1.165, 1.54) is 78.1 Å². The Morgan fingerprint density at radius 2 is 0.649 bits per heavy atom.